The number of aliphatic hydroxyl groups is 1. The molecule has 1 aliphatic heterocycles. The smallest absolute Gasteiger partial charge is 0.129 e. The first kappa shape index (κ1) is 11.5. The van der Waals surface area contributed by atoms with Gasteiger partial charge in [-0.25, -0.2) is 4.39 Å². The SMILES string of the molecule is OC1(C2CC2)CN(Cc2ccc(Cl)cc2F)C1. The van der Waals surface area contributed by atoms with E-state index in [1.807, 2.05) is 0 Å². The molecule has 4 heteroatoms. The molecule has 1 aliphatic carbocycles. The summed E-state index contributed by atoms with van der Waals surface area (Å²) in [7, 11) is 0. The van der Waals surface area contributed by atoms with Crippen LogP contribution >= 0.6 is 11.6 Å². The number of β-amino-alcohol motifs (C(OH)–C–C–N with tert-alkyl or cyclic N) is 1. The van der Waals surface area contributed by atoms with Gasteiger partial charge in [0.25, 0.3) is 0 Å². The van der Waals surface area contributed by atoms with Gasteiger partial charge in [-0.2, -0.15) is 0 Å². The van der Waals surface area contributed by atoms with Crippen LogP contribution in [0.4, 0.5) is 4.39 Å². The third kappa shape index (κ3) is 2.19. The van der Waals surface area contributed by atoms with Crippen molar-refractivity contribution in [2.75, 3.05) is 13.1 Å². The quantitative estimate of drug-likeness (QED) is 0.897. The van der Waals surface area contributed by atoms with Gasteiger partial charge in [0.15, 0.2) is 0 Å². The second-order valence-electron chi connectivity index (χ2n) is 5.26. The predicted molar refractivity (Wildman–Crippen MR) is 64.4 cm³/mol. The topological polar surface area (TPSA) is 23.5 Å². The highest BCUT2D eigenvalue weighted by molar-refractivity contribution is 6.30. The Morgan fingerprint density at radius 1 is 1.41 bits per heavy atom. The van der Waals surface area contributed by atoms with Gasteiger partial charge in [0.05, 0.1) is 5.60 Å². The van der Waals surface area contributed by atoms with E-state index in [-0.39, 0.29) is 5.82 Å². The standard InChI is InChI=1S/C13H15ClFNO/c14-11-4-1-9(12(15)5-11)6-16-7-13(17,8-16)10-2-3-10/h1,4-5,10,17H,2-3,6-8H2. The maximum Gasteiger partial charge on any atom is 0.129 e. The van der Waals surface area contributed by atoms with E-state index in [1.54, 1.807) is 12.1 Å². The van der Waals surface area contributed by atoms with Crippen molar-refractivity contribution in [2.45, 2.75) is 25.0 Å². The fourth-order valence-electron chi connectivity index (χ4n) is 2.61. The summed E-state index contributed by atoms with van der Waals surface area (Å²) in [5.74, 6) is 0.216. The number of halogens is 2. The molecule has 0 bridgehead atoms. The molecular weight excluding hydrogens is 241 g/mol. The van der Waals surface area contributed by atoms with Gasteiger partial charge < -0.3 is 5.11 Å². The normalized spacial score (nSPS) is 23.5. The second-order valence-corrected chi connectivity index (χ2v) is 5.70. The van der Waals surface area contributed by atoms with Crippen LogP contribution in [0, 0.1) is 11.7 Å². The number of rotatable bonds is 3. The number of nitrogens with zero attached hydrogens (tertiary/aromatic N) is 1. The van der Waals surface area contributed by atoms with E-state index in [9.17, 15) is 9.50 Å². The van der Waals surface area contributed by atoms with Crippen molar-refractivity contribution in [1.29, 1.82) is 0 Å². The third-order valence-corrected chi connectivity index (χ3v) is 3.98. The molecule has 2 fully saturated rings. The first-order chi connectivity index (χ1) is 8.07. The summed E-state index contributed by atoms with van der Waals surface area (Å²) in [5, 5.41) is 10.6. The van der Waals surface area contributed by atoms with Crippen molar-refractivity contribution < 1.29 is 9.50 Å². The molecule has 1 aromatic rings. The van der Waals surface area contributed by atoms with E-state index in [2.05, 4.69) is 4.90 Å². The van der Waals surface area contributed by atoms with Crippen molar-refractivity contribution in [3.05, 3.63) is 34.6 Å². The largest absolute Gasteiger partial charge is 0.387 e. The molecule has 3 rings (SSSR count). The summed E-state index contributed by atoms with van der Waals surface area (Å²) in [6.45, 7) is 1.89. The highest BCUT2D eigenvalue weighted by Crippen LogP contribution is 2.44. The predicted octanol–water partition coefficient (Wildman–Crippen LogP) is 2.44. The van der Waals surface area contributed by atoms with E-state index >= 15 is 0 Å². The molecule has 2 aliphatic rings. The van der Waals surface area contributed by atoms with Crippen LogP contribution in [-0.2, 0) is 6.54 Å². The van der Waals surface area contributed by atoms with E-state index in [1.165, 1.54) is 6.07 Å². The van der Waals surface area contributed by atoms with Crippen molar-refractivity contribution >= 4 is 11.6 Å². The Hall–Kier alpha value is -0.640. The molecule has 2 nitrogen and oxygen atoms in total. The van der Waals surface area contributed by atoms with Gasteiger partial charge in [0.2, 0.25) is 0 Å². The van der Waals surface area contributed by atoms with Crippen LogP contribution in [0.15, 0.2) is 18.2 Å². The van der Waals surface area contributed by atoms with E-state index in [4.69, 9.17) is 11.6 Å². The van der Waals surface area contributed by atoms with Crippen molar-refractivity contribution in [3.8, 4) is 0 Å². The molecule has 0 amide bonds. The Balaban J connectivity index is 1.61. The zero-order valence-corrected chi connectivity index (χ0v) is 10.3. The zero-order valence-electron chi connectivity index (χ0n) is 9.50. The molecule has 0 unspecified atom stereocenters. The molecule has 0 atom stereocenters. The highest BCUT2D eigenvalue weighted by Gasteiger charge is 2.51. The Morgan fingerprint density at radius 3 is 2.71 bits per heavy atom. The number of likely N-dealkylation sites (tertiary alicyclic amines) is 1. The lowest BCUT2D eigenvalue weighted by Gasteiger charge is -2.47. The molecule has 0 spiro atoms. The van der Waals surface area contributed by atoms with Crippen LogP contribution in [0.2, 0.25) is 5.02 Å². The number of benzene rings is 1. The van der Waals surface area contributed by atoms with Crippen molar-refractivity contribution in [3.63, 3.8) is 0 Å². The van der Waals surface area contributed by atoms with Crippen molar-refractivity contribution in [1.82, 2.24) is 4.90 Å². The van der Waals surface area contributed by atoms with Gasteiger partial charge in [-0.05, 0) is 30.9 Å². The van der Waals surface area contributed by atoms with Crippen molar-refractivity contribution in [2.24, 2.45) is 5.92 Å². The Morgan fingerprint density at radius 2 is 2.12 bits per heavy atom. The minimum atomic E-state index is -0.497. The lowest BCUT2D eigenvalue weighted by atomic mass is 9.88. The minimum absolute atomic E-state index is 0.264. The molecule has 0 radical (unpaired) electrons. The minimum Gasteiger partial charge on any atom is -0.387 e. The van der Waals surface area contributed by atoms with Crippen LogP contribution < -0.4 is 0 Å². The Bertz CT molecular complexity index is 441. The first-order valence-corrected chi connectivity index (χ1v) is 6.33. The average Bonchev–Trinajstić information content (AvgIpc) is 3.02. The van der Waals surface area contributed by atoms with Gasteiger partial charge in [-0.15, -0.1) is 0 Å². The van der Waals surface area contributed by atoms with Crippen LogP contribution in [-0.4, -0.2) is 28.7 Å². The van der Waals surface area contributed by atoms with Crippen LogP contribution in [0.3, 0.4) is 0 Å². The van der Waals surface area contributed by atoms with Crippen LogP contribution in [0.1, 0.15) is 18.4 Å². The van der Waals surface area contributed by atoms with Gasteiger partial charge in [-0.3, -0.25) is 4.90 Å². The number of hydrogen-bond acceptors (Lipinski definition) is 2. The Kier molecular flexibility index (Phi) is 2.65. The Labute approximate surface area is 105 Å². The molecule has 92 valence electrons. The molecule has 1 N–H and O–H groups in total. The van der Waals surface area contributed by atoms with Gasteiger partial charge in [-0.1, -0.05) is 17.7 Å². The first-order valence-electron chi connectivity index (χ1n) is 5.95. The monoisotopic (exact) mass is 255 g/mol. The summed E-state index contributed by atoms with van der Waals surface area (Å²) in [6.07, 6.45) is 2.28. The molecule has 17 heavy (non-hydrogen) atoms. The van der Waals surface area contributed by atoms with Gasteiger partial charge in [0.1, 0.15) is 5.82 Å². The van der Waals surface area contributed by atoms with E-state index in [0.717, 1.165) is 12.8 Å². The molecule has 1 heterocycles. The lowest BCUT2D eigenvalue weighted by molar-refractivity contribution is -0.116. The summed E-state index contributed by atoms with van der Waals surface area (Å²) in [6, 6.07) is 4.75. The van der Waals surface area contributed by atoms with E-state index in [0.29, 0.717) is 36.1 Å². The van der Waals surface area contributed by atoms with Gasteiger partial charge in [0, 0.05) is 30.2 Å². The zero-order chi connectivity index (χ0) is 12.0. The second kappa shape index (κ2) is 3.94. The maximum atomic E-state index is 13.6. The average molecular weight is 256 g/mol. The molecule has 1 saturated heterocycles. The highest BCUT2D eigenvalue weighted by atomic mass is 35.5. The molecule has 1 saturated carbocycles. The fraction of sp³-hybridized carbons (Fsp3) is 0.538. The fourth-order valence-corrected chi connectivity index (χ4v) is 2.77. The maximum absolute atomic E-state index is 13.6. The summed E-state index contributed by atoms with van der Waals surface area (Å²) < 4.78 is 13.6. The third-order valence-electron chi connectivity index (χ3n) is 3.74. The van der Waals surface area contributed by atoms with Crippen LogP contribution in [0.25, 0.3) is 0 Å². The molecular formula is C13H15ClFNO. The molecule has 1 aromatic carbocycles. The summed E-state index contributed by atoms with van der Waals surface area (Å²) in [5.41, 5.74) is 0.148. The lowest BCUT2D eigenvalue weighted by Crippen LogP contribution is -2.62. The summed E-state index contributed by atoms with van der Waals surface area (Å²) in [4.78, 5) is 2.07. The number of hydrogen-bond donors (Lipinski definition) is 1. The molecule has 0 aromatic heterocycles. The summed E-state index contributed by atoms with van der Waals surface area (Å²) >= 11 is 5.70. The van der Waals surface area contributed by atoms with E-state index < -0.39 is 5.60 Å². The van der Waals surface area contributed by atoms with Gasteiger partial charge >= 0.3 is 0 Å². The van der Waals surface area contributed by atoms with Crippen LogP contribution in [0.5, 0.6) is 0 Å².